The first-order valence-corrected chi connectivity index (χ1v) is 8.49. The van der Waals surface area contributed by atoms with Crippen LogP contribution in [0.4, 0.5) is 4.79 Å². The predicted octanol–water partition coefficient (Wildman–Crippen LogP) is 3.51. The Morgan fingerprint density at radius 2 is 1.79 bits per heavy atom. The summed E-state index contributed by atoms with van der Waals surface area (Å²) < 4.78 is 10.7. The van der Waals surface area contributed by atoms with E-state index in [1.54, 1.807) is 7.11 Å². The van der Waals surface area contributed by atoms with Gasteiger partial charge >= 0.3 is 6.09 Å². The highest BCUT2D eigenvalue weighted by Gasteiger charge is 2.22. The molecule has 1 aromatic rings. The zero-order chi connectivity index (χ0) is 18.2. The third-order valence-electron chi connectivity index (χ3n) is 3.62. The molecular weight excluding hydrogens is 304 g/mol. The van der Waals surface area contributed by atoms with Crippen molar-refractivity contribution in [3.8, 4) is 0 Å². The van der Waals surface area contributed by atoms with Crippen molar-refractivity contribution in [2.24, 2.45) is 5.92 Å². The van der Waals surface area contributed by atoms with E-state index >= 15 is 0 Å². The van der Waals surface area contributed by atoms with Crippen LogP contribution in [0, 0.1) is 5.92 Å². The van der Waals surface area contributed by atoms with E-state index in [0.29, 0.717) is 19.1 Å². The van der Waals surface area contributed by atoms with E-state index in [2.05, 4.69) is 36.6 Å². The van der Waals surface area contributed by atoms with Gasteiger partial charge in [-0.3, -0.25) is 0 Å². The van der Waals surface area contributed by atoms with Crippen LogP contribution >= 0.6 is 0 Å². The van der Waals surface area contributed by atoms with Crippen LogP contribution in [0.2, 0.25) is 0 Å². The van der Waals surface area contributed by atoms with Crippen LogP contribution in [0.1, 0.15) is 46.2 Å². The van der Waals surface area contributed by atoms with Crippen molar-refractivity contribution < 1.29 is 14.3 Å². The summed E-state index contributed by atoms with van der Waals surface area (Å²) >= 11 is 0. The van der Waals surface area contributed by atoms with Gasteiger partial charge in [-0.1, -0.05) is 44.2 Å². The number of alkyl carbamates (subject to hydrolysis) is 1. The summed E-state index contributed by atoms with van der Waals surface area (Å²) in [7, 11) is 1.70. The minimum absolute atomic E-state index is 0.0732. The molecule has 5 nitrogen and oxygen atoms in total. The van der Waals surface area contributed by atoms with Gasteiger partial charge in [0.15, 0.2) is 0 Å². The maximum atomic E-state index is 11.9. The molecule has 0 bridgehead atoms. The first kappa shape index (κ1) is 20.5. The van der Waals surface area contributed by atoms with Crippen LogP contribution in [-0.2, 0) is 9.47 Å². The van der Waals surface area contributed by atoms with Gasteiger partial charge in [-0.05, 0) is 32.3 Å². The quantitative estimate of drug-likeness (QED) is 0.763. The fraction of sp³-hybridized carbons (Fsp3) is 0.632. The van der Waals surface area contributed by atoms with Crippen LogP contribution in [0.5, 0.6) is 0 Å². The normalized spacial score (nSPS) is 14.3. The molecular formula is C19H32N2O3. The molecule has 1 aromatic carbocycles. The molecule has 0 spiro atoms. The van der Waals surface area contributed by atoms with Gasteiger partial charge in [-0.15, -0.1) is 0 Å². The van der Waals surface area contributed by atoms with Crippen molar-refractivity contribution >= 4 is 6.09 Å². The number of carbonyl (C=O) groups excluding carboxylic acids is 1. The molecule has 136 valence electrons. The zero-order valence-corrected chi connectivity index (χ0v) is 15.8. The summed E-state index contributed by atoms with van der Waals surface area (Å²) in [5, 5.41) is 6.45. The molecule has 0 radical (unpaired) electrons. The van der Waals surface area contributed by atoms with Gasteiger partial charge in [0.05, 0.1) is 12.6 Å². The number of ether oxygens (including phenoxy) is 2. The van der Waals surface area contributed by atoms with Crippen LogP contribution in [0.15, 0.2) is 30.3 Å². The lowest BCUT2D eigenvalue weighted by molar-refractivity contribution is 0.0516. The third-order valence-corrected chi connectivity index (χ3v) is 3.62. The topological polar surface area (TPSA) is 59.6 Å². The standard InChI is InChI=1S/C19H32N2O3/c1-14(2)16(12-20-18(22)24-19(3,4)5)21-17(13-23-6)15-10-8-7-9-11-15/h7-11,14,16-17,21H,12-13H2,1-6H3,(H,20,22). The van der Waals surface area contributed by atoms with Crippen molar-refractivity contribution in [1.29, 1.82) is 0 Å². The van der Waals surface area contributed by atoms with E-state index in [0.717, 1.165) is 0 Å². The maximum Gasteiger partial charge on any atom is 0.407 e. The van der Waals surface area contributed by atoms with E-state index in [1.807, 2.05) is 39.0 Å². The van der Waals surface area contributed by atoms with Crippen LogP contribution in [0.25, 0.3) is 0 Å². The molecule has 0 aliphatic heterocycles. The van der Waals surface area contributed by atoms with Crippen LogP contribution < -0.4 is 10.6 Å². The molecule has 2 unspecified atom stereocenters. The van der Waals surface area contributed by atoms with Gasteiger partial charge in [0.1, 0.15) is 5.60 Å². The van der Waals surface area contributed by atoms with E-state index in [9.17, 15) is 4.79 Å². The average Bonchev–Trinajstić information content (AvgIpc) is 2.49. The first-order chi connectivity index (χ1) is 11.2. The number of rotatable bonds is 8. The fourth-order valence-corrected chi connectivity index (χ4v) is 2.35. The SMILES string of the molecule is COCC(NC(CNC(=O)OC(C)(C)C)C(C)C)c1ccccc1. The molecule has 0 aliphatic carbocycles. The molecule has 1 amide bonds. The lowest BCUT2D eigenvalue weighted by atomic mass is 10.0. The molecule has 5 heteroatoms. The molecule has 0 aromatic heterocycles. The number of methoxy groups -OCH3 is 1. The van der Waals surface area contributed by atoms with Gasteiger partial charge < -0.3 is 20.1 Å². The molecule has 2 N–H and O–H groups in total. The number of nitrogens with one attached hydrogen (secondary N) is 2. The maximum absolute atomic E-state index is 11.9. The second-order valence-corrected chi connectivity index (χ2v) is 7.32. The average molecular weight is 336 g/mol. The lowest BCUT2D eigenvalue weighted by Crippen LogP contribution is -2.47. The zero-order valence-electron chi connectivity index (χ0n) is 15.8. The molecule has 0 heterocycles. The van der Waals surface area contributed by atoms with E-state index in [-0.39, 0.29) is 12.1 Å². The van der Waals surface area contributed by atoms with Crippen molar-refractivity contribution in [3.05, 3.63) is 35.9 Å². The summed E-state index contributed by atoms with van der Waals surface area (Å²) in [4.78, 5) is 11.9. The molecule has 0 saturated heterocycles. The van der Waals surface area contributed by atoms with Crippen LogP contribution in [0.3, 0.4) is 0 Å². The van der Waals surface area contributed by atoms with Gasteiger partial charge in [-0.25, -0.2) is 4.79 Å². The number of benzene rings is 1. The predicted molar refractivity (Wildman–Crippen MR) is 97.1 cm³/mol. The van der Waals surface area contributed by atoms with Crippen LogP contribution in [-0.4, -0.2) is 38.0 Å². The Bertz CT molecular complexity index is 483. The Kier molecular flexibility index (Phi) is 8.22. The summed E-state index contributed by atoms with van der Waals surface area (Å²) in [5.74, 6) is 0.350. The number of hydrogen-bond donors (Lipinski definition) is 2. The molecule has 0 saturated carbocycles. The fourth-order valence-electron chi connectivity index (χ4n) is 2.35. The first-order valence-electron chi connectivity index (χ1n) is 8.49. The number of hydrogen-bond acceptors (Lipinski definition) is 4. The Morgan fingerprint density at radius 3 is 2.29 bits per heavy atom. The minimum atomic E-state index is -0.493. The summed E-state index contributed by atoms with van der Waals surface area (Å²) in [6.45, 7) is 10.9. The largest absolute Gasteiger partial charge is 0.444 e. The van der Waals surface area contributed by atoms with Crippen molar-refractivity contribution in [1.82, 2.24) is 10.6 Å². The summed E-state index contributed by atoms with van der Waals surface area (Å²) in [6.07, 6.45) is -0.391. The summed E-state index contributed by atoms with van der Waals surface area (Å²) in [6, 6.07) is 10.4. The molecule has 0 fully saturated rings. The van der Waals surface area contributed by atoms with Crippen molar-refractivity contribution in [2.75, 3.05) is 20.3 Å². The Hall–Kier alpha value is -1.59. The number of amides is 1. The Labute approximate surface area is 146 Å². The van der Waals surface area contributed by atoms with Gasteiger partial charge in [0.2, 0.25) is 0 Å². The minimum Gasteiger partial charge on any atom is -0.444 e. The second kappa shape index (κ2) is 9.64. The van der Waals surface area contributed by atoms with Crippen molar-refractivity contribution in [3.63, 3.8) is 0 Å². The summed E-state index contributed by atoms with van der Waals surface area (Å²) in [5.41, 5.74) is 0.676. The van der Waals surface area contributed by atoms with E-state index in [4.69, 9.17) is 9.47 Å². The van der Waals surface area contributed by atoms with Gasteiger partial charge in [-0.2, -0.15) is 0 Å². The van der Waals surface area contributed by atoms with Gasteiger partial charge in [0.25, 0.3) is 0 Å². The monoisotopic (exact) mass is 336 g/mol. The highest BCUT2D eigenvalue weighted by atomic mass is 16.6. The van der Waals surface area contributed by atoms with Crippen molar-refractivity contribution in [2.45, 2.75) is 52.3 Å². The number of carbonyl (C=O) groups is 1. The third kappa shape index (κ3) is 7.79. The molecule has 24 heavy (non-hydrogen) atoms. The smallest absolute Gasteiger partial charge is 0.407 e. The highest BCUT2D eigenvalue weighted by molar-refractivity contribution is 5.67. The lowest BCUT2D eigenvalue weighted by Gasteiger charge is -2.29. The Morgan fingerprint density at radius 1 is 1.17 bits per heavy atom. The van der Waals surface area contributed by atoms with E-state index < -0.39 is 11.7 Å². The Balaban J connectivity index is 2.68. The molecule has 2 atom stereocenters. The molecule has 1 rings (SSSR count). The van der Waals surface area contributed by atoms with E-state index in [1.165, 1.54) is 5.56 Å². The molecule has 0 aliphatic rings. The second-order valence-electron chi connectivity index (χ2n) is 7.32. The van der Waals surface area contributed by atoms with Gasteiger partial charge in [0, 0.05) is 19.7 Å². The highest BCUT2D eigenvalue weighted by Crippen LogP contribution is 2.16.